The summed E-state index contributed by atoms with van der Waals surface area (Å²) in [4.78, 5) is 4.55. The van der Waals surface area contributed by atoms with Crippen molar-refractivity contribution in [2.24, 2.45) is 0 Å². The summed E-state index contributed by atoms with van der Waals surface area (Å²) in [6.07, 6.45) is 0.494. The summed E-state index contributed by atoms with van der Waals surface area (Å²) in [5, 5.41) is 14.5. The SMILES string of the molecule is O[C@H]1CN[C@H](c2nc3cc(Cl)ccc3s2)C1. The van der Waals surface area contributed by atoms with Crippen LogP contribution >= 0.6 is 22.9 Å². The highest BCUT2D eigenvalue weighted by Gasteiger charge is 2.25. The lowest BCUT2D eigenvalue weighted by Crippen LogP contribution is -2.14. The van der Waals surface area contributed by atoms with Crippen molar-refractivity contribution in [2.75, 3.05) is 6.54 Å². The molecule has 0 radical (unpaired) electrons. The lowest BCUT2D eigenvalue weighted by atomic mass is 10.2. The monoisotopic (exact) mass is 254 g/mol. The molecule has 2 aromatic rings. The standard InChI is InChI=1S/C11H11ClN2OS/c12-6-1-2-10-8(3-6)14-11(16-10)9-4-7(15)5-13-9/h1-3,7,9,13,15H,4-5H2/t7-,9+/m1/s1. The van der Waals surface area contributed by atoms with Gasteiger partial charge in [0.05, 0.1) is 22.4 Å². The number of nitrogens with zero attached hydrogens (tertiary/aromatic N) is 1. The van der Waals surface area contributed by atoms with Gasteiger partial charge in [-0.1, -0.05) is 11.6 Å². The Morgan fingerprint density at radius 2 is 2.38 bits per heavy atom. The number of aliphatic hydroxyl groups excluding tert-OH is 1. The summed E-state index contributed by atoms with van der Waals surface area (Å²) in [6, 6.07) is 5.93. The van der Waals surface area contributed by atoms with Crippen LogP contribution in [-0.4, -0.2) is 22.7 Å². The maximum atomic E-state index is 9.47. The maximum Gasteiger partial charge on any atom is 0.111 e. The molecule has 2 N–H and O–H groups in total. The van der Waals surface area contributed by atoms with E-state index in [-0.39, 0.29) is 12.1 Å². The Morgan fingerprint density at radius 1 is 1.50 bits per heavy atom. The van der Waals surface area contributed by atoms with Crippen LogP contribution in [-0.2, 0) is 0 Å². The van der Waals surface area contributed by atoms with Gasteiger partial charge in [-0.3, -0.25) is 0 Å². The largest absolute Gasteiger partial charge is 0.392 e. The lowest BCUT2D eigenvalue weighted by molar-refractivity contribution is 0.193. The van der Waals surface area contributed by atoms with Crippen molar-refractivity contribution in [2.45, 2.75) is 18.6 Å². The summed E-state index contributed by atoms with van der Waals surface area (Å²) in [5.74, 6) is 0. The van der Waals surface area contributed by atoms with Crippen molar-refractivity contribution < 1.29 is 5.11 Å². The highest BCUT2D eigenvalue weighted by molar-refractivity contribution is 7.18. The minimum atomic E-state index is -0.249. The smallest absolute Gasteiger partial charge is 0.111 e. The number of aliphatic hydroxyl groups is 1. The molecular weight excluding hydrogens is 244 g/mol. The third kappa shape index (κ3) is 1.82. The molecule has 3 rings (SSSR count). The van der Waals surface area contributed by atoms with Gasteiger partial charge in [0.2, 0.25) is 0 Å². The van der Waals surface area contributed by atoms with Gasteiger partial charge in [-0.15, -0.1) is 11.3 Å². The second-order valence-electron chi connectivity index (χ2n) is 4.01. The third-order valence-corrected chi connectivity index (χ3v) is 4.16. The van der Waals surface area contributed by atoms with Crippen LogP contribution < -0.4 is 5.32 Å². The molecule has 1 aliphatic rings. The fraction of sp³-hybridized carbons (Fsp3) is 0.364. The molecular formula is C11H11ClN2OS. The molecule has 0 unspecified atom stereocenters. The van der Waals surface area contributed by atoms with E-state index in [1.165, 1.54) is 0 Å². The number of fused-ring (bicyclic) bond motifs is 1. The first-order valence-electron chi connectivity index (χ1n) is 5.20. The topological polar surface area (TPSA) is 45.1 Å². The highest BCUT2D eigenvalue weighted by atomic mass is 35.5. The number of hydrogen-bond donors (Lipinski definition) is 2. The average Bonchev–Trinajstić information content (AvgIpc) is 2.83. The number of aromatic nitrogens is 1. The first kappa shape index (κ1) is 10.5. The molecule has 2 heterocycles. The van der Waals surface area contributed by atoms with Crippen molar-refractivity contribution in [1.29, 1.82) is 0 Å². The quantitative estimate of drug-likeness (QED) is 0.821. The van der Waals surface area contributed by atoms with Crippen molar-refractivity contribution in [3.8, 4) is 0 Å². The number of benzene rings is 1. The number of nitrogens with one attached hydrogen (secondary N) is 1. The van der Waals surface area contributed by atoms with Gasteiger partial charge in [0.15, 0.2) is 0 Å². The molecule has 1 aliphatic heterocycles. The van der Waals surface area contributed by atoms with E-state index in [1.54, 1.807) is 11.3 Å². The van der Waals surface area contributed by atoms with E-state index >= 15 is 0 Å². The minimum Gasteiger partial charge on any atom is -0.392 e. The van der Waals surface area contributed by atoms with Gasteiger partial charge in [-0.2, -0.15) is 0 Å². The molecule has 16 heavy (non-hydrogen) atoms. The molecule has 1 saturated heterocycles. The Kier molecular flexibility index (Phi) is 2.59. The normalized spacial score (nSPS) is 25.4. The van der Waals surface area contributed by atoms with E-state index in [1.807, 2.05) is 18.2 Å². The summed E-state index contributed by atoms with van der Waals surface area (Å²) in [6.45, 7) is 0.654. The average molecular weight is 255 g/mol. The summed E-state index contributed by atoms with van der Waals surface area (Å²) in [5.41, 5.74) is 0.940. The van der Waals surface area contributed by atoms with Crippen LogP contribution in [0.1, 0.15) is 17.5 Å². The van der Waals surface area contributed by atoms with Gasteiger partial charge in [0.1, 0.15) is 5.01 Å². The van der Waals surface area contributed by atoms with Crippen LogP contribution in [0.3, 0.4) is 0 Å². The fourth-order valence-electron chi connectivity index (χ4n) is 1.97. The number of hydrogen-bond acceptors (Lipinski definition) is 4. The first-order valence-corrected chi connectivity index (χ1v) is 6.39. The molecule has 1 aromatic heterocycles. The van der Waals surface area contributed by atoms with Gasteiger partial charge in [0.25, 0.3) is 0 Å². The van der Waals surface area contributed by atoms with E-state index in [0.29, 0.717) is 11.6 Å². The Labute approximate surface area is 102 Å². The summed E-state index contributed by atoms with van der Waals surface area (Å²) >= 11 is 7.58. The van der Waals surface area contributed by atoms with Crippen LogP contribution in [0.25, 0.3) is 10.2 Å². The predicted octanol–water partition coefficient (Wildman–Crippen LogP) is 2.34. The number of β-amino-alcohol motifs (C(OH)–C–C–N with tert-alkyl or cyclic N) is 1. The van der Waals surface area contributed by atoms with Crippen LogP contribution in [0.2, 0.25) is 5.02 Å². The minimum absolute atomic E-state index is 0.186. The number of halogens is 1. The van der Waals surface area contributed by atoms with Crippen LogP contribution in [0.5, 0.6) is 0 Å². The van der Waals surface area contributed by atoms with Gasteiger partial charge >= 0.3 is 0 Å². The zero-order chi connectivity index (χ0) is 11.1. The number of rotatable bonds is 1. The molecule has 0 amide bonds. The molecule has 5 heteroatoms. The van der Waals surface area contributed by atoms with Gasteiger partial charge in [-0.05, 0) is 24.6 Å². The van der Waals surface area contributed by atoms with Crippen molar-refractivity contribution in [1.82, 2.24) is 10.3 Å². The van der Waals surface area contributed by atoms with Gasteiger partial charge in [-0.25, -0.2) is 4.98 Å². The Bertz CT molecular complexity index is 528. The van der Waals surface area contributed by atoms with E-state index in [9.17, 15) is 5.11 Å². The summed E-state index contributed by atoms with van der Waals surface area (Å²) < 4.78 is 1.14. The molecule has 3 nitrogen and oxygen atoms in total. The third-order valence-electron chi connectivity index (χ3n) is 2.77. The molecule has 84 valence electrons. The highest BCUT2D eigenvalue weighted by Crippen LogP contribution is 2.31. The molecule has 2 atom stereocenters. The second-order valence-corrected chi connectivity index (χ2v) is 5.51. The molecule has 1 fully saturated rings. The molecule has 0 spiro atoms. The first-order chi connectivity index (χ1) is 7.72. The molecule has 1 aromatic carbocycles. The van der Waals surface area contributed by atoms with E-state index < -0.39 is 0 Å². The van der Waals surface area contributed by atoms with Gasteiger partial charge in [0, 0.05) is 11.6 Å². The van der Waals surface area contributed by atoms with Crippen molar-refractivity contribution >= 4 is 33.2 Å². The van der Waals surface area contributed by atoms with Crippen LogP contribution in [0.15, 0.2) is 18.2 Å². The zero-order valence-corrected chi connectivity index (χ0v) is 10.1. The second kappa shape index (κ2) is 3.96. The van der Waals surface area contributed by atoms with Crippen LogP contribution in [0, 0.1) is 0 Å². The van der Waals surface area contributed by atoms with Crippen LogP contribution in [0.4, 0.5) is 0 Å². The van der Waals surface area contributed by atoms with E-state index in [4.69, 9.17) is 11.6 Å². The maximum absolute atomic E-state index is 9.47. The van der Waals surface area contributed by atoms with Gasteiger partial charge < -0.3 is 10.4 Å². The summed E-state index contributed by atoms with van der Waals surface area (Å²) in [7, 11) is 0. The Balaban J connectivity index is 1.99. The molecule has 0 bridgehead atoms. The van der Waals surface area contributed by atoms with E-state index in [0.717, 1.165) is 21.6 Å². The van der Waals surface area contributed by atoms with E-state index in [2.05, 4.69) is 10.3 Å². The zero-order valence-electron chi connectivity index (χ0n) is 8.48. The lowest BCUT2D eigenvalue weighted by Gasteiger charge is -2.03. The predicted molar refractivity (Wildman–Crippen MR) is 66.0 cm³/mol. The molecule has 0 saturated carbocycles. The Morgan fingerprint density at radius 3 is 3.12 bits per heavy atom. The number of thiazole rings is 1. The Hall–Kier alpha value is -0.680. The van der Waals surface area contributed by atoms with Crippen molar-refractivity contribution in [3.05, 3.63) is 28.2 Å². The fourth-order valence-corrected chi connectivity index (χ4v) is 3.18. The van der Waals surface area contributed by atoms with Crippen molar-refractivity contribution in [3.63, 3.8) is 0 Å². The molecule has 0 aliphatic carbocycles.